The normalized spacial score (nSPS) is 19.3. The van der Waals surface area contributed by atoms with Crippen LogP contribution in [0.2, 0.25) is 0 Å². The van der Waals surface area contributed by atoms with Crippen molar-refractivity contribution in [3.05, 3.63) is 48.3 Å². The minimum atomic E-state index is -0.0138. The topological polar surface area (TPSA) is 66.9 Å². The zero-order valence-electron chi connectivity index (χ0n) is 16.8. The van der Waals surface area contributed by atoms with E-state index in [0.29, 0.717) is 18.8 Å². The highest BCUT2D eigenvalue weighted by Gasteiger charge is 2.23. The Labute approximate surface area is 171 Å². The molecule has 0 bridgehead atoms. The number of methoxy groups -OCH3 is 1. The van der Waals surface area contributed by atoms with Crippen LogP contribution >= 0.6 is 0 Å². The van der Waals surface area contributed by atoms with Gasteiger partial charge in [0.2, 0.25) is 0 Å². The smallest absolute Gasteiger partial charge is 0.272 e. The Hall–Kier alpha value is -2.80. The summed E-state index contributed by atoms with van der Waals surface area (Å²) >= 11 is 0. The number of benzene rings is 1. The molecule has 1 aromatic heterocycles. The second-order valence-corrected chi connectivity index (χ2v) is 7.42. The molecular formula is C22H28N4O3. The fourth-order valence-corrected chi connectivity index (χ4v) is 3.82. The van der Waals surface area contributed by atoms with E-state index >= 15 is 0 Å². The number of piperazine rings is 1. The van der Waals surface area contributed by atoms with E-state index in [9.17, 15) is 4.79 Å². The molecular weight excluding hydrogens is 368 g/mol. The first-order valence-electron chi connectivity index (χ1n) is 10.2. The summed E-state index contributed by atoms with van der Waals surface area (Å²) in [5.74, 6) is 0.835. The maximum Gasteiger partial charge on any atom is 0.272 e. The molecule has 0 saturated carbocycles. The lowest BCUT2D eigenvalue weighted by molar-refractivity contribution is 0.0741. The van der Waals surface area contributed by atoms with Gasteiger partial charge in [0.1, 0.15) is 11.4 Å². The third kappa shape index (κ3) is 4.79. The minimum Gasteiger partial charge on any atom is -0.497 e. The van der Waals surface area contributed by atoms with Crippen molar-refractivity contribution < 1.29 is 14.3 Å². The minimum absolute atomic E-state index is 0.0138. The first kappa shape index (κ1) is 19.5. The Morgan fingerprint density at radius 2 is 2.00 bits per heavy atom. The van der Waals surface area contributed by atoms with Gasteiger partial charge in [-0.25, -0.2) is 0 Å². The van der Waals surface area contributed by atoms with Crippen molar-refractivity contribution in [3.8, 4) is 5.75 Å². The van der Waals surface area contributed by atoms with Crippen molar-refractivity contribution in [2.75, 3.05) is 56.7 Å². The highest BCUT2D eigenvalue weighted by atomic mass is 16.5. The molecule has 1 N–H and O–H groups in total. The Balaban J connectivity index is 1.32. The molecule has 0 spiro atoms. The van der Waals surface area contributed by atoms with Crippen LogP contribution in [0.3, 0.4) is 0 Å². The summed E-state index contributed by atoms with van der Waals surface area (Å²) in [7, 11) is 1.67. The van der Waals surface area contributed by atoms with Crippen molar-refractivity contribution in [2.24, 2.45) is 0 Å². The van der Waals surface area contributed by atoms with Gasteiger partial charge in [-0.15, -0.1) is 0 Å². The van der Waals surface area contributed by atoms with Gasteiger partial charge in [0.15, 0.2) is 0 Å². The van der Waals surface area contributed by atoms with Gasteiger partial charge in [-0.05, 0) is 49.2 Å². The van der Waals surface area contributed by atoms with Gasteiger partial charge in [-0.3, -0.25) is 9.78 Å². The quantitative estimate of drug-likeness (QED) is 0.810. The lowest BCUT2D eigenvalue weighted by Crippen LogP contribution is -2.49. The number of hydrogen-bond donors (Lipinski definition) is 1. The summed E-state index contributed by atoms with van der Waals surface area (Å²) in [5.41, 5.74) is 2.55. The number of aromatic nitrogens is 1. The molecule has 7 heteroatoms. The van der Waals surface area contributed by atoms with Gasteiger partial charge in [0, 0.05) is 56.9 Å². The Morgan fingerprint density at radius 1 is 1.21 bits per heavy atom. The van der Waals surface area contributed by atoms with Crippen molar-refractivity contribution in [2.45, 2.75) is 18.9 Å². The molecule has 3 heterocycles. The highest BCUT2D eigenvalue weighted by Crippen LogP contribution is 2.21. The Kier molecular flexibility index (Phi) is 6.14. The van der Waals surface area contributed by atoms with E-state index in [1.165, 1.54) is 0 Å². The van der Waals surface area contributed by atoms with E-state index in [2.05, 4.69) is 27.3 Å². The molecule has 1 unspecified atom stereocenters. The molecule has 2 fully saturated rings. The molecule has 0 aliphatic carbocycles. The van der Waals surface area contributed by atoms with E-state index in [0.717, 1.165) is 56.2 Å². The van der Waals surface area contributed by atoms with Crippen LogP contribution in [-0.4, -0.2) is 68.3 Å². The summed E-state index contributed by atoms with van der Waals surface area (Å²) in [6.07, 6.45) is 4.16. The first-order chi connectivity index (χ1) is 14.2. The SMILES string of the molecule is COc1ccc(N2CCN(C(=O)c3cc(NCC4CCCO4)ccn3)CC2)cc1. The number of ether oxygens (including phenoxy) is 2. The van der Waals surface area contributed by atoms with E-state index < -0.39 is 0 Å². The second kappa shape index (κ2) is 9.13. The van der Waals surface area contributed by atoms with Crippen LogP contribution in [-0.2, 0) is 4.74 Å². The first-order valence-corrected chi connectivity index (χ1v) is 10.2. The zero-order valence-corrected chi connectivity index (χ0v) is 16.8. The molecule has 29 heavy (non-hydrogen) atoms. The van der Waals surface area contributed by atoms with Gasteiger partial charge >= 0.3 is 0 Å². The standard InChI is InChI=1S/C22H28N4O3/c1-28-19-6-4-18(5-7-19)25-10-12-26(13-11-25)22(27)21-15-17(8-9-23-21)24-16-20-3-2-14-29-20/h4-9,15,20H,2-3,10-14,16H2,1H3,(H,23,24). The molecule has 7 nitrogen and oxygen atoms in total. The van der Waals surface area contributed by atoms with Gasteiger partial charge in [-0.2, -0.15) is 0 Å². The maximum atomic E-state index is 12.9. The van der Waals surface area contributed by atoms with Crippen molar-refractivity contribution in [3.63, 3.8) is 0 Å². The number of pyridine rings is 1. The van der Waals surface area contributed by atoms with Gasteiger partial charge in [0.05, 0.1) is 13.2 Å². The molecule has 2 aromatic rings. The van der Waals surface area contributed by atoms with Crippen LogP contribution in [0.4, 0.5) is 11.4 Å². The average molecular weight is 396 g/mol. The van der Waals surface area contributed by atoms with E-state index in [1.807, 2.05) is 29.2 Å². The van der Waals surface area contributed by atoms with E-state index in [1.54, 1.807) is 13.3 Å². The zero-order chi connectivity index (χ0) is 20.1. The molecule has 4 rings (SSSR count). The molecule has 1 atom stereocenters. The number of hydrogen-bond acceptors (Lipinski definition) is 6. The van der Waals surface area contributed by atoms with E-state index in [-0.39, 0.29) is 12.0 Å². The Morgan fingerprint density at radius 3 is 2.69 bits per heavy atom. The molecule has 0 radical (unpaired) electrons. The second-order valence-electron chi connectivity index (χ2n) is 7.42. The fraction of sp³-hybridized carbons (Fsp3) is 0.455. The predicted octanol–water partition coefficient (Wildman–Crippen LogP) is 2.64. The van der Waals surface area contributed by atoms with Gasteiger partial charge < -0.3 is 24.6 Å². The van der Waals surface area contributed by atoms with Crippen LogP contribution in [0.5, 0.6) is 5.75 Å². The van der Waals surface area contributed by atoms with Crippen LogP contribution in [0, 0.1) is 0 Å². The summed E-state index contributed by atoms with van der Waals surface area (Å²) in [6.45, 7) is 4.57. The number of amides is 1. The van der Waals surface area contributed by atoms with Crippen LogP contribution in [0.25, 0.3) is 0 Å². The Bertz CT molecular complexity index is 813. The monoisotopic (exact) mass is 396 g/mol. The number of carbonyl (C=O) groups excluding carboxylic acids is 1. The van der Waals surface area contributed by atoms with Crippen LogP contribution in [0.1, 0.15) is 23.3 Å². The molecule has 2 aliphatic heterocycles. The molecule has 2 saturated heterocycles. The molecule has 1 amide bonds. The number of rotatable bonds is 6. The van der Waals surface area contributed by atoms with Crippen LogP contribution in [0.15, 0.2) is 42.6 Å². The van der Waals surface area contributed by atoms with Gasteiger partial charge in [-0.1, -0.05) is 0 Å². The maximum absolute atomic E-state index is 12.9. The molecule has 1 aromatic carbocycles. The summed E-state index contributed by atoms with van der Waals surface area (Å²) in [4.78, 5) is 21.4. The number of nitrogens with zero attached hydrogens (tertiary/aromatic N) is 3. The predicted molar refractivity (Wildman–Crippen MR) is 113 cm³/mol. The largest absolute Gasteiger partial charge is 0.497 e. The van der Waals surface area contributed by atoms with E-state index in [4.69, 9.17) is 9.47 Å². The number of nitrogens with one attached hydrogen (secondary N) is 1. The van der Waals surface area contributed by atoms with Crippen molar-refractivity contribution in [1.29, 1.82) is 0 Å². The van der Waals surface area contributed by atoms with Crippen molar-refractivity contribution in [1.82, 2.24) is 9.88 Å². The van der Waals surface area contributed by atoms with Gasteiger partial charge in [0.25, 0.3) is 5.91 Å². The van der Waals surface area contributed by atoms with Crippen molar-refractivity contribution >= 4 is 17.3 Å². The summed E-state index contributed by atoms with van der Waals surface area (Å²) in [6, 6.07) is 11.8. The lowest BCUT2D eigenvalue weighted by atomic mass is 10.2. The molecule has 154 valence electrons. The number of anilines is 2. The lowest BCUT2D eigenvalue weighted by Gasteiger charge is -2.36. The fourth-order valence-electron chi connectivity index (χ4n) is 3.82. The number of carbonyl (C=O) groups is 1. The third-order valence-electron chi connectivity index (χ3n) is 5.54. The molecule has 2 aliphatic rings. The summed E-state index contributed by atoms with van der Waals surface area (Å²) in [5, 5.41) is 3.37. The average Bonchev–Trinajstić information content (AvgIpc) is 3.31. The summed E-state index contributed by atoms with van der Waals surface area (Å²) < 4.78 is 10.9. The van der Waals surface area contributed by atoms with Crippen LogP contribution < -0.4 is 15.0 Å². The highest BCUT2D eigenvalue weighted by molar-refractivity contribution is 5.93. The third-order valence-corrected chi connectivity index (χ3v) is 5.54.